The Morgan fingerprint density at radius 3 is 1.89 bits per heavy atom. The van der Waals surface area contributed by atoms with Crippen molar-refractivity contribution < 1.29 is 57.7 Å². The lowest BCUT2D eigenvalue weighted by molar-refractivity contribution is -0.238. The zero-order chi connectivity index (χ0) is 32.8. The minimum atomic E-state index is -0.502. The van der Waals surface area contributed by atoms with Crippen molar-refractivity contribution in [3.63, 3.8) is 0 Å². The third kappa shape index (κ3) is 7.64. The van der Waals surface area contributed by atoms with Crippen molar-refractivity contribution in [3.05, 3.63) is 59.7 Å². The van der Waals surface area contributed by atoms with Gasteiger partial charge in [0, 0.05) is 68.5 Å². The lowest BCUT2D eigenvalue weighted by atomic mass is 9.92. The molecule has 0 radical (unpaired) electrons. The molecule has 2 aliphatic carbocycles. The number of hydrogen-bond acceptors (Lipinski definition) is 12. The van der Waals surface area contributed by atoms with E-state index in [1.807, 2.05) is 48.5 Å². The molecule has 0 amide bonds. The number of hydrogen-bond donors (Lipinski definition) is 2. The van der Waals surface area contributed by atoms with E-state index in [1.165, 1.54) is 0 Å². The van der Waals surface area contributed by atoms with Crippen molar-refractivity contribution >= 4 is 11.9 Å². The first-order valence-corrected chi connectivity index (χ1v) is 15.6. The van der Waals surface area contributed by atoms with Crippen LogP contribution in [0.5, 0.6) is 11.5 Å². The maximum Gasteiger partial charge on any atom is 0.306 e. The van der Waals surface area contributed by atoms with Crippen LogP contribution >= 0.6 is 0 Å². The molecule has 2 N–H and O–H groups in total. The van der Waals surface area contributed by atoms with Crippen molar-refractivity contribution in [1.29, 1.82) is 0 Å². The highest BCUT2D eigenvalue weighted by Gasteiger charge is 2.53. The van der Waals surface area contributed by atoms with E-state index in [0.717, 1.165) is 29.0 Å². The number of rotatable bonds is 7. The number of carbonyl (C=O) groups is 2. The number of aliphatic hydroxyl groups excluding tert-OH is 2. The number of esters is 2. The summed E-state index contributed by atoms with van der Waals surface area (Å²) in [6, 6.07) is 15.3. The second kappa shape index (κ2) is 15.6. The van der Waals surface area contributed by atoms with Crippen LogP contribution in [0.15, 0.2) is 48.5 Å². The largest absolute Gasteiger partial charge is 0.497 e. The van der Waals surface area contributed by atoms with Gasteiger partial charge in [0.05, 0.1) is 45.9 Å². The topological polar surface area (TPSA) is 148 Å². The summed E-state index contributed by atoms with van der Waals surface area (Å²) in [5, 5.41) is 18.4. The van der Waals surface area contributed by atoms with Crippen LogP contribution in [0, 0.1) is 23.7 Å². The molecule has 3 saturated heterocycles. The van der Waals surface area contributed by atoms with Gasteiger partial charge < -0.3 is 48.1 Å². The molecule has 0 aromatic heterocycles. The lowest BCUT2D eigenvalue weighted by Crippen LogP contribution is -2.35. The van der Waals surface area contributed by atoms with Crippen LogP contribution in [0.1, 0.15) is 49.4 Å². The predicted molar refractivity (Wildman–Crippen MR) is 162 cm³/mol. The van der Waals surface area contributed by atoms with Gasteiger partial charge in [-0.25, -0.2) is 0 Å². The summed E-state index contributed by atoms with van der Waals surface area (Å²) in [4.78, 5) is 22.2. The van der Waals surface area contributed by atoms with Crippen LogP contribution in [-0.2, 0) is 38.0 Å². The number of carbonyl (C=O) groups excluding carboxylic acids is 2. The SMILES string of the molecule is COc1ccc(C(OC)OC)cc1.COc1ccc(C2OC[C@H]3[C@@H](CC4OC(=O)C[C@@H]43)O2)cc1.O=C1C[C@H]2C(C[C@@H](O)[C@@H]2CO)O1. The second-order valence-electron chi connectivity index (χ2n) is 12.0. The van der Waals surface area contributed by atoms with Crippen molar-refractivity contribution in [3.8, 4) is 11.5 Å². The molecule has 5 aliphatic rings. The maximum atomic E-state index is 11.4. The Balaban J connectivity index is 0.000000145. The van der Waals surface area contributed by atoms with Gasteiger partial charge in [0.15, 0.2) is 12.6 Å². The fraction of sp³-hybridized carbons (Fsp3) is 0.588. The highest BCUT2D eigenvalue weighted by atomic mass is 16.7. The maximum absolute atomic E-state index is 11.4. The third-order valence-electron chi connectivity index (χ3n) is 9.49. The molecule has 2 aromatic carbocycles. The highest BCUT2D eigenvalue weighted by Crippen LogP contribution is 2.47. The van der Waals surface area contributed by atoms with E-state index in [0.29, 0.717) is 25.9 Å². The van der Waals surface area contributed by atoms with Crippen LogP contribution in [0.25, 0.3) is 0 Å². The van der Waals surface area contributed by atoms with Crippen molar-refractivity contribution in [1.82, 2.24) is 0 Å². The molecule has 9 atom stereocenters. The third-order valence-corrected chi connectivity index (χ3v) is 9.49. The first-order chi connectivity index (χ1) is 22.3. The summed E-state index contributed by atoms with van der Waals surface area (Å²) in [7, 11) is 6.50. The zero-order valence-electron chi connectivity index (χ0n) is 26.6. The first-order valence-electron chi connectivity index (χ1n) is 15.6. The standard InChI is InChI=1S/C16H18O5.C10H14O3.C8H12O4/c1-18-10-4-2-9(3-5-10)16-19-8-12-11-6-15(17)20-13(11)7-14(12)21-16;1-11-9-6-4-8(5-7-9)10(12-2)13-3;9-3-5-4-1-8(11)12-7(4)2-6(5)10/h2-5,11-14,16H,6-8H2,1H3;4-7,10H,1-3H3;4-7,9-10H,1-3H2/t11-,12-,13?,14-,16?;;4-,5-,6-,7?/m1.1/s1. The Morgan fingerprint density at radius 2 is 1.33 bits per heavy atom. The molecular weight excluding hydrogens is 600 g/mol. The molecule has 46 heavy (non-hydrogen) atoms. The van der Waals surface area contributed by atoms with Crippen LogP contribution in [-0.4, -0.2) is 88.2 Å². The first kappa shape index (κ1) is 34.1. The second-order valence-corrected chi connectivity index (χ2v) is 12.0. The fourth-order valence-electron chi connectivity index (χ4n) is 7.04. The molecule has 2 saturated carbocycles. The summed E-state index contributed by atoms with van der Waals surface area (Å²) in [6.07, 6.45) is 0.984. The van der Waals surface area contributed by atoms with Crippen LogP contribution in [0.3, 0.4) is 0 Å². The fourth-order valence-corrected chi connectivity index (χ4v) is 7.04. The van der Waals surface area contributed by atoms with E-state index >= 15 is 0 Å². The van der Waals surface area contributed by atoms with E-state index < -0.39 is 6.10 Å². The number of benzene rings is 2. The number of aliphatic hydroxyl groups is 2. The molecule has 7 rings (SSSR count). The van der Waals surface area contributed by atoms with Crippen molar-refractivity contribution in [2.75, 3.05) is 41.7 Å². The molecule has 252 valence electrons. The van der Waals surface area contributed by atoms with Gasteiger partial charge in [0.1, 0.15) is 23.7 Å². The molecule has 3 aliphatic heterocycles. The van der Waals surface area contributed by atoms with Gasteiger partial charge in [0.2, 0.25) is 0 Å². The van der Waals surface area contributed by atoms with Crippen molar-refractivity contribution in [2.24, 2.45) is 23.7 Å². The van der Waals surface area contributed by atoms with Gasteiger partial charge in [-0.3, -0.25) is 9.59 Å². The number of fused-ring (bicyclic) bond motifs is 4. The summed E-state index contributed by atoms with van der Waals surface area (Å²) in [5.74, 6) is 1.77. The Labute approximate surface area is 268 Å². The summed E-state index contributed by atoms with van der Waals surface area (Å²) in [5.41, 5.74) is 1.97. The van der Waals surface area contributed by atoms with Crippen molar-refractivity contribution in [2.45, 2.75) is 62.7 Å². The summed E-state index contributed by atoms with van der Waals surface area (Å²) in [6.45, 7) is 0.568. The molecule has 0 spiro atoms. The van der Waals surface area contributed by atoms with Crippen LogP contribution < -0.4 is 9.47 Å². The minimum absolute atomic E-state index is 0.0192. The van der Waals surface area contributed by atoms with Gasteiger partial charge in [-0.1, -0.05) is 24.3 Å². The Hall–Kier alpha value is -3.26. The quantitative estimate of drug-likeness (QED) is 0.336. The normalized spacial score (nSPS) is 32.2. The highest BCUT2D eigenvalue weighted by molar-refractivity contribution is 5.72. The predicted octanol–water partition coefficient (Wildman–Crippen LogP) is 3.34. The van der Waals surface area contributed by atoms with Crippen LogP contribution in [0.4, 0.5) is 0 Å². The van der Waals surface area contributed by atoms with Gasteiger partial charge in [-0.05, 0) is 24.3 Å². The molecule has 12 heteroatoms. The molecule has 2 aromatic rings. The average Bonchev–Trinajstić information content (AvgIpc) is 3.80. The molecule has 3 heterocycles. The van der Waals surface area contributed by atoms with E-state index in [2.05, 4.69) is 0 Å². The Morgan fingerprint density at radius 1 is 0.761 bits per heavy atom. The monoisotopic (exact) mass is 644 g/mol. The van der Waals surface area contributed by atoms with Gasteiger partial charge >= 0.3 is 11.9 Å². The Bertz CT molecular complexity index is 1280. The summed E-state index contributed by atoms with van der Waals surface area (Å²) >= 11 is 0. The summed E-state index contributed by atoms with van der Waals surface area (Å²) < 4.78 is 42.7. The Kier molecular flexibility index (Phi) is 11.5. The van der Waals surface area contributed by atoms with Crippen LogP contribution in [0.2, 0.25) is 0 Å². The van der Waals surface area contributed by atoms with E-state index in [1.54, 1.807) is 28.4 Å². The van der Waals surface area contributed by atoms with Gasteiger partial charge in [-0.15, -0.1) is 0 Å². The van der Waals surface area contributed by atoms with E-state index in [-0.39, 0.29) is 73.1 Å². The molecule has 12 nitrogen and oxygen atoms in total. The van der Waals surface area contributed by atoms with Gasteiger partial charge in [-0.2, -0.15) is 0 Å². The minimum Gasteiger partial charge on any atom is -0.497 e. The average molecular weight is 645 g/mol. The zero-order valence-corrected chi connectivity index (χ0v) is 26.6. The lowest BCUT2D eigenvalue weighted by Gasteiger charge is -2.34. The number of ether oxygens (including phenoxy) is 8. The van der Waals surface area contributed by atoms with E-state index in [4.69, 9.17) is 43.0 Å². The molecular formula is C34H44O12. The van der Waals surface area contributed by atoms with E-state index in [9.17, 15) is 14.7 Å². The molecule has 5 fully saturated rings. The number of methoxy groups -OCH3 is 4. The molecule has 0 bridgehead atoms. The van der Waals surface area contributed by atoms with Gasteiger partial charge in [0.25, 0.3) is 0 Å². The molecule has 3 unspecified atom stereocenters. The smallest absolute Gasteiger partial charge is 0.306 e.